The van der Waals surface area contributed by atoms with Crippen molar-refractivity contribution in [3.05, 3.63) is 0 Å². The molecule has 0 saturated carbocycles. The van der Waals surface area contributed by atoms with Gasteiger partial charge in [0.15, 0.2) is 0 Å². The van der Waals surface area contributed by atoms with Crippen LogP contribution in [0.15, 0.2) is 0 Å². The molecule has 0 aromatic rings. The summed E-state index contributed by atoms with van der Waals surface area (Å²) in [6.45, 7) is 0.0318. The third kappa shape index (κ3) is 7.21. The summed E-state index contributed by atoms with van der Waals surface area (Å²) in [7, 11) is 0. The van der Waals surface area contributed by atoms with Crippen molar-refractivity contribution in [1.29, 1.82) is 0 Å². The van der Waals surface area contributed by atoms with E-state index in [0.29, 0.717) is 19.4 Å². The zero-order valence-corrected chi connectivity index (χ0v) is 10.5. The van der Waals surface area contributed by atoms with E-state index in [2.05, 4.69) is 5.32 Å². The van der Waals surface area contributed by atoms with Crippen molar-refractivity contribution in [2.24, 2.45) is 0 Å². The van der Waals surface area contributed by atoms with Crippen LogP contribution in [0.4, 0.5) is 0 Å². The lowest BCUT2D eigenvalue weighted by Gasteiger charge is -2.19. The van der Waals surface area contributed by atoms with Crippen LogP contribution in [0, 0.1) is 0 Å². The topological polar surface area (TPSA) is 110 Å². The molecular weight excluding hydrogens is 240 g/mol. The van der Waals surface area contributed by atoms with Gasteiger partial charge in [0.2, 0.25) is 0 Å². The van der Waals surface area contributed by atoms with Crippen LogP contribution in [0.1, 0.15) is 19.3 Å². The summed E-state index contributed by atoms with van der Waals surface area (Å²) < 4.78 is 0. The number of rotatable bonds is 9. The maximum Gasteiger partial charge on any atom is 0.312 e. The first-order valence-corrected chi connectivity index (χ1v) is 6.07. The lowest BCUT2D eigenvalue weighted by atomic mass is 10.2. The van der Waals surface area contributed by atoms with E-state index in [9.17, 15) is 9.59 Å². The quantitative estimate of drug-likeness (QED) is 0.286. The van der Waals surface area contributed by atoms with Gasteiger partial charge in [-0.05, 0) is 19.3 Å². The van der Waals surface area contributed by atoms with Gasteiger partial charge in [0.05, 0.1) is 13.2 Å². The van der Waals surface area contributed by atoms with E-state index < -0.39 is 11.8 Å². The van der Waals surface area contributed by atoms with Crippen LogP contribution in [0.2, 0.25) is 0 Å². The van der Waals surface area contributed by atoms with Gasteiger partial charge in [-0.2, -0.15) is 0 Å². The Morgan fingerprint density at radius 3 is 2.00 bits per heavy atom. The molecule has 0 atom stereocenters. The van der Waals surface area contributed by atoms with E-state index in [-0.39, 0.29) is 32.9 Å². The van der Waals surface area contributed by atoms with Gasteiger partial charge >= 0.3 is 11.8 Å². The number of hydrogen-bond donors (Lipinski definition) is 4. The minimum Gasteiger partial charge on any atom is -0.396 e. The van der Waals surface area contributed by atoms with Gasteiger partial charge in [-0.25, -0.2) is 0 Å². The maximum atomic E-state index is 11.6. The highest BCUT2D eigenvalue weighted by atomic mass is 16.3. The lowest BCUT2D eigenvalue weighted by Crippen LogP contribution is -2.45. The summed E-state index contributed by atoms with van der Waals surface area (Å²) in [6.07, 6.45) is 2.15. The number of aliphatic hydroxyl groups excluding tert-OH is 3. The normalized spacial score (nSPS) is 10.2. The second kappa shape index (κ2) is 10.9. The molecule has 0 fully saturated rings. The number of amides is 2. The zero-order valence-electron chi connectivity index (χ0n) is 10.5. The van der Waals surface area contributed by atoms with Crippen LogP contribution in [-0.4, -0.2) is 71.5 Å². The monoisotopic (exact) mass is 262 g/mol. The molecule has 0 radical (unpaired) electrons. The third-order valence-electron chi connectivity index (χ3n) is 2.34. The molecule has 0 bridgehead atoms. The Labute approximate surface area is 106 Å². The highest BCUT2D eigenvalue weighted by molar-refractivity contribution is 6.35. The Morgan fingerprint density at radius 2 is 1.50 bits per heavy atom. The van der Waals surface area contributed by atoms with Gasteiger partial charge in [0, 0.05) is 26.2 Å². The summed E-state index contributed by atoms with van der Waals surface area (Å²) in [5.41, 5.74) is 0. The Kier molecular flexibility index (Phi) is 10.2. The molecule has 0 aromatic heterocycles. The second-order valence-corrected chi connectivity index (χ2v) is 3.78. The molecule has 106 valence electrons. The maximum absolute atomic E-state index is 11.6. The van der Waals surface area contributed by atoms with Gasteiger partial charge in [-0.3, -0.25) is 9.59 Å². The Morgan fingerprint density at radius 1 is 0.889 bits per heavy atom. The van der Waals surface area contributed by atoms with Crippen molar-refractivity contribution in [2.45, 2.75) is 19.3 Å². The van der Waals surface area contributed by atoms with Gasteiger partial charge in [0.1, 0.15) is 0 Å². The van der Waals surface area contributed by atoms with Gasteiger partial charge in [-0.1, -0.05) is 0 Å². The SMILES string of the molecule is O=C(NCCCCCO)C(=O)N(CCO)CCO. The molecule has 0 rings (SSSR count). The molecule has 18 heavy (non-hydrogen) atoms. The van der Waals surface area contributed by atoms with Crippen LogP contribution < -0.4 is 5.32 Å². The predicted molar refractivity (Wildman–Crippen MR) is 64.7 cm³/mol. The molecular formula is C11H22N2O5. The van der Waals surface area contributed by atoms with Crippen LogP contribution in [0.25, 0.3) is 0 Å². The predicted octanol–water partition coefficient (Wildman–Crippen LogP) is -1.92. The third-order valence-corrected chi connectivity index (χ3v) is 2.34. The van der Waals surface area contributed by atoms with Gasteiger partial charge in [-0.15, -0.1) is 0 Å². The smallest absolute Gasteiger partial charge is 0.312 e. The minimum absolute atomic E-state index is 0.0251. The van der Waals surface area contributed by atoms with E-state index in [0.717, 1.165) is 11.3 Å². The molecule has 0 aliphatic heterocycles. The molecule has 0 aromatic carbocycles. The van der Waals surface area contributed by atoms with Crippen molar-refractivity contribution in [1.82, 2.24) is 10.2 Å². The molecule has 0 aliphatic carbocycles. The zero-order chi connectivity index (χ0) is 13.8. The molecule has 0 aliphatic rings. The first-order chi connectivity index (χ1) is 8.67. The van der Waals surface area contributed by atoms with Gasteiger partial charge in [0.25, 0.3) is 0 Å². The summed E-state index contributed by atoms with van der Waals surface area (Å²) >= 11 is 0. The van der Waals surface area contributed by atoms with E-state index >= 15 is 0 Å². The number of aliphatic hydroxyl groups is 3. The summed E-state index contributed by atoms with van der Waals surface area (Å²) in [4.78, 5) is 24.1. The summed E-state index contributed by atoms with van der Waals surface area (Å²) in [5, 5.41) is 28.5. The van der Waals surface area contributed by atoms with Crippen molar-refractivity contribution in [3.8, 4) is 0 Å². The molecule has 4 N–H and O–H groups in total. The van der Waals surface area contributed by atoms with Crippen LogP contribution >= 0.6 is 0 Å². The molecule has 0 unspecified atom stereocenters. The molecule has 7 nitrogen and oxygen atoms in total. The van der Waals surface area contributed by atoms with Crippen LogP contribution in [0.5, 0.6) is 0 Å². The number of nitrogens with one attached hydrogen (secondary N) is 1. The Balaban J connectivity index is 3.94. The highest BCUT2D eigenvalue weighted by Crippen LogP contribution is 1.93. The number of hydrogen-bond acceptors (Lipinski definition) is 5. The fourth-order valence-electron chi connectivity index (χ4n) is 1.39. The molecule has 2 amide bonds. The van der Waals surface area contributed by atoms with E-state index in [1.807, 2.05) is 0 Å². The second-order valence-electron chi connectivity index (χ2n) is 3.78. The van der Waals surface area contributed by atoms with Crippen molar-refractivity contribution < 1.29 is 24.9 Å². The average molecular weight is 262 g/mol. The standard InChI is InChI=1S/C11H22N2O5/c14-7-3-1-2-4-12-10(17)11(18)13(5-8-15)6-9-16/h14-16H,1-9H2,(H,12,17). The minimum atomic E-state index is -0.750. The number of unbranched alkanes of at least 4 members (excludes halogenated alkanes) is 2. The van der Waals surface area contributed by atoms with E-state index in [1.165, 1.54) is 0 Å². The Hall–Kier alpha value is -1.18. The molecule has 0 spiro atoms. The molecule has 7 heteroatoms. The van der Waals surface area contributed by atoms with Gasteiger partial charge < -0.3 is 25.5 Å². The first kappa shape index (κ1) is 16.8. The van der Waals surface area contributed by atoms with Crippen molar-refractivity contribution >= 4 is 11.8 Å². The summed E-state index contributed by atoms with van der Waals surface area (Å²) in [6, 6.07) is 0. The summed E-state index contributed by atoms with van der Waals surface area (Å²) in [5.74, 6) is -1.49. The van der Waals surface area contributed by atoms with E-state index in [1.54, 1.807) is 0 Å². The average Bonchev–Trinajstić information content (AvgIpc) is 2.37. The lowest BCUT2D eigenvalue weighted by molar-refractivity contribution is -0.146. The molecule has 0 saturated heterocycles. The van der Waals surface area contributed by atoms with Crippen molar-refractivity contribution in [3.63, 3.8) is 0 Å². The van der Waals surface area contributed by atoms with Crippen LogP contribution in [0.3, 0.4) is 0 Å². The number of carbonyl (C=O) groups is 2. The Bertz CT molecular complexity index is 242. The largest absolute Gasteiger partial charge is 0.396 e. The van der Waals surface area contributed by atoms with E-state index in [4.69, 9.17) is 15.3 Å². The number of carbonyl (C=O) groups excluding carboxylic acids is 2. The fraction of sp³-hybridized carbons (Fsp3) is 0.818. The first-order valence-electron chi connectivity index (χ1n) is 6.07. The number of nitrogens with zero attached hydrogens (tertiary/aromatic N) is 1. The van der Waals surface area contributed by atoms with Crippen molar-refractivity contribution in [2.75, 3.05) is 39.5 Å². The fourth-order valence-corrected chi connectivity index (χ4v) is 1.39. The highest BCUT2D eigenvalue weighted by Gasteiger charge is 2.20. The van der Waals surface area contributed by atoms with Crippen LogP contribution in [-0.2, 0) is 9.59 Å². The molecule has 0 heterocycles.